The van der Waals surface area contributed by atoms with Crippen LogP contribution in [0, 0.1) is 10.8 Å². The number of carbonyl (C=O) groups excluding carboxylic acids is 2. The molecule has 3 nitrogen and oxygen atoms in total. The first-order valence-electron chi connectivity index (χ1n) is 7.82. The summed E-state index contributed by atoms with van der Waals surface area (Å²) in [4.78, 5) is 23.3. The van der Waals surface area contributed by atoms with E-state index in [4.69, 9.17) is 0 Å². The van der Waals surface area contributed by atoms with Crippen LogP contribution >= 0.6 is 0 Å². The number of unbranched alkanes of at least 4 members (excludes halogenated alkanes) is 2. The molecule has 0 saturated heterocycles. The predicted molar refractivity (Wildman–Crippen MR) is 84.6 cm³/mol. The predicted octanol–water partition coefficient (Wildman–Crippen LogP) is 4.10. The molecular weight excluding hydrogens is 250 g/mol. The first kappa shape index (κ1) is 19.1. The average Bonchev–Trinajstić information content (AvgIpc) is 2.28. The summed E-state index contributed by atoms with van der Waals surface area (Å²) in [5, 5.41) is 2.95. The molecule has 0 aromatic heterocycles. The van der Waals surface area contributed by atoms with Crippen LogP contribution in [0.1, 0.15) is 80.1 Å². The highest BCUT2D eigenvalue weighted by atomic mass is 16.1. The van der Waals surface area contributed by atoms with Crippen LogP contribution in [0.15, 0.2) is 0 Å². The number of carbonyl (C=O) groups is 2. The zero-order chi connectivity index (χ0) is 15.8. The maximum Gasteiger partial charge on any atom is 0.220 e. The molecule has 1 N–H and O–H groups in total. The normalized spacial score (nSPS) is 12.3. The lowest BCUT2D eigenvalue weighted by Gasteiger charge is -2.17. The Hall–Kier alpha value is -0.860. The topological polar surface area (TPSA) is 46.2 Å². The van der Waals surface area contributed by atoms with E-state index < -0.39 is 0 Å². The minimum absolute atomic E-state index is 0.144. The molecule has 0 unspecified atom stereocenters. The number of ketones is 1. The SMILES string of the molecule is CC(C)(C)CCC(=O)NCCCCCC(=O)C(C)(C)C. The molecule has 3 heteroatoms. The molecule has 0 bridgehead atoms. The van der Waals surface area contributed by atoms with E-state index in [1.54, 1.807) is 0 Å². The van der Waals surface area contributed by atoms with Gasteiger partial charge in [-0.05, 0) is 24.7 Å². The highest BCUT2D eigenvalue weighted by Crippen LogP contribution is 2.20. The van der Waals surface area contributed by atoms with Crippen molar-refractivity contribution in [3.63, 3.8) is 0 Å². The number of amides is 1. The molecule has 0 aromatic carbocycles. The van der Waals surface area contributed by atoms with Gasteiger partial charge in [-0.3, -0.25) is 9.59 Å². The van der Waals surface area contributed by atoms with Crippen molar-refractivity contribution >= 4 is 11.7 Å². The van der Waals surface area contributed by atoms with Gasteiger partial charge in [-0.15, -0.1) is 0 Å². The Kier molecular flexibility index (Phi) is 8.07. The van der Waals surface area contributed by atoms with Gasteiger partial charge in [-0.25, -0.2) is 0 Å². The lowest BCUT2D eigenvalue weighted by molar-refractivity contribution is -0.126. The van der Waals surface area contributed by atoms with Crippen molar-refractivity contribution in [1.29, 1.82) is 0 Å². The van der Waals surface area contributed by atoms with Crippen molar-refractivity contribution in [2.45, 2.75) is 80.1 Å². The molecule has 20 heavy (non-hydrogen) atoms. The molecule has 0 spiro atoms. The summed E-state index contributed by atoms with van der Waals surface area (Å²) in [6, 6.07) is 0. The van der Waals surface area contributed by atoms with E-state index in [9.17, 15) is 9.59 Å². The van der Waals surface area contributed by atoms with Gasteiger partial charge in [0, 0.05) is 24.8 Å². The zero-order valence-electron chi connectivity index (χ0n) is 14.3. The Morgan fingerprint density at radius 3 is 1.95 bits per heavy atom. The summed E-state index contributed by atoms with van der Waals surface area (Å²) in [7, 11) is 0. The first-order valence-corrected chi connectivity index (χ1v) is 7.82. The van der Waals surface area contributed by atoms with Crippen LogP contribution in [0.2, 0.25) is 0 Å². The monoisotopic (exact) mass is 283 g/mol. The molecule has 0 fully saturated rings. The van der Waals surface area contributed by atoms with Crippen LogP contribution in [0.4, 0.5) is 0 Å². The van der Waals surface area contributed by atoms with Gasteiger partial charge in [-0.1, -0.05) is 48.0 Å². The van der Waals surface area contributed by atoms with E-state index in [1.807, 2.05) is 20.8 Å². The third kappa shape index (κ3) is 11.0. The Balaban J connectivity index is 3.54. The van der Waals surface area contributed by atoms with E-state index in [0.717, 1.165) is 32.2 Å². The van der Waals surface area contributed by atoms with Crippen LogP contribution in [0.25, 0.3) is 0 Å². The lowest BCUT2D eigenvalue weighted by atomic mass is 9.88. The maximum absolute atomic E-state index is 11.7. The molecule has 0 rings (SSSR count). The summed E-state index contributed by atoms with van der Waals surface area (Å²) in [6.07, 6.45) is 5.06. The minimum atomic E-state index is -0.221. The van der Waals surface area contributed by atoms with Crippen LogP contribution in [0.5, 0.6) is 0 Å². The summed E-state index contributed by atoms with van der Waals surface area (Å²) < 4.78 is 0. The second-order valence-corrected chi connectivity index (χ2v) is 7.89. The highest BCUT2D eigenvalue weighted by Gasteiger charge is 2.19. The molecule has 0 aliphatic rings. The molecule has 118 valence electrons. The summed E-state index contributed by atoms with van der Waals surface area (Å²) in [6.45, 7) is 13.1. The number of hydrogen-bond acceptors (Lipinski definition) is 2. The number of hydrogen-bond donors (Lipinski definition) is 1. The van der Waals surface area contributed by atoms with Gasteiger partial charge in [0.25, 0.3) is 0 Å². The fraction of sp³-hybridized carbons (Fsp3) is 0.882. The molecular formula is C17H33NO2. The van der Waals surface area contributed by atoms with Crippen LogP contribution in [-0.2, 0) is 9.59 Å². The van der Waals surface area contributed by atoms with Crippen LogP contribution in [0.3, 0.4) is 0 Å². The van der Waals surface area contributed by atoms with Gasteiger partial charge in [-0.2, -0.15) is 0 Å². The molecule has 0 radical (unpaired) electrons. The van der Waals surface area contributed by atoms with Crippen molar-refractivity contribution in [1.82, 2.24) is 5.32 Å². The fourth-order valence-corrected chi connectivity index (χ4v) is 1.77. The minimum Gasteiger partial charge on any atom is -0.356 e. The van der Waals surface area contributed by atoms with Gasteiger partial charge in [0.05, 0.1) is 0 Å². The number of nitrogens with one attached hydrogen (secondary N) is 1. The van der Waals surface area contributed by atoms with Crippen molar-refractivity contribution in [2.75, 3.05) is 6.54 Å². The average molecular weight is 283 g/mol. The van der Waals surface area contributed by atoms with Crippen LogP contribution in [-0.4, -0.2) is 18.2 Å². The largest absolute Gasteiger partial charge is 0.356 e. The van der Waals surface area contributed by atoms with Gasteiger partial charge in [0.2, 0.25) is 5.91 Å². The standard InChI is InChI=1S/C17H33NO2/c1-16(2,3)12-11-15(20)18-13-9-7-8-10-14(19)17(4,5)6/h7-13H2,1-6H3,(H,18,20). The molecule has 0 atom stereocenters. The molecule has 0 saturated carbocycles. The highest BCUT2D eigenvalue weighted by molar-refractivity contribution is 5.83. The molecule has 0 aliphatic carbocycles. The molecule has 0 heterocycles. The second kappa shape index (κ2) is 8.43. The Morgan fingerprint density at radius 1 is 0.850 bits per heavy atom. The second-order valence-electron chi connectivity index (χ2n) is 7.89. The Bertz CT molecular complexity index is 308. The Labute approximate surface area is 124 Å². The number of Topliss-reactive ketones (excluding diaryl/α,β-unsaturated/α-hetero) is 1. The summed E-state index contributed by atoms with van der Waals surface area (Å²) >= 11 is 0. The summed E-state index contributed by atoms with van der Waals surface area (Å²) in [5.41, 5.74) is -0.00811. The van der Waals surface area contributed by atoms with E-state index in [1.165, 1.54) is 0 Å². The zero-order valence-corrected chi connectivity index (χ0v) is 14.3. The fourth-order valence-electron chi connectivity index (χ4n) is 1.77. The van der Waals surface area contributed by atoms with Gasteiger partial charge >= 0.3 is 0 Å². The summed E-state index contributed by atoms with van der Waals surface area (Å²) in [5.74, 6) is 0.470. The molecule has 0 aromatic rings. The van der Waals surface area contributed by atoms with Crippen molar-refractivity contribution < 1.29 is 9.59 Å². The molecule has 0 aliphatic heterocycles. The van der Waals surface area contributed by atoms with E-state index in [2.05, 4.69) is 26.1 Å². The van der Waals surface area contributed by atoms with Crippen LogP contribution < -0.4 is 5.32 Å². The van der Waals surface area contributed by atoms with Gasteiger partial charge < -0.3 is 5.32 Å². The first-order chi connectivity index (χ1) is 9.02. The van der Waals surface area contributed by atoms with Crippen molar-refractivity contribution in [3.05, 3.63) is 0 Å². The maximum atomic E-state index is 11.7. The van der Waals surface area contributed by atoms with E-state index in [0.29, 0.717) is 18.6 Å². The quantitative estimate of drug-likeness (QED) is 0.682. The van der Waals surface area contributed by atoms with Gasteiger partial charge in [0.1, 0.15) is 5.78 Å². The smallest absolute Gasteiger partial charge is 0.220 e. The lowest BCUT2D eigenvalue weighted by Crippen LogP contribution is -2.25. The Morgan fingerprint density at radius 2 is 1.45 bits per heavy atom. The van der Waals surface area contributed by atoms with Gasteiger partial charge in [0.15, 0.2) is 0 Å². The van der Waals surface area contributed by atoms with Crippen molar-refractivity contribution in [3.8, 4) is 0 Å². The number of rotatable bonds is 8. The third-order valence-electron chi connectivity index (χ3n) is 3.34. The van der Waals surface area contributed by atoms with Crippen molar-refractivity contribution in [2.24, 2.45) is 10.8 Å². The third-order valence-corrected chi connectivity index (χ3v) is 3.34. The molecule has 1 amide bonds. The van der Waals surface area contributed by atoms with E-state index in [-0.39, 0.29) is 16.7 Å². The van der Waals surface area contributed by atoms with E-state index >= 15 is 0 Å².